The number of aliphatic imine (C=N–C) groups is 1. The number of fused-ring (bicyclic) bond motifs is 3. The van der Waals surface area contributed by atoms with Crippen LogP contribution in [0.3, 0.4) is 0 Å². The molecule has 0 bridgehead atoms. The van der Waals surface area contributed by atoms with Gasteiger partial charge in [-0.2, -0.15) is 0 Å². The fourth-order valence-electron chi connectivity index (χ4n) is 3.94. The number of aromatic nitrogens is 2. The molecule has 0 atom stereocenters. The number of hydrogen-bond acceptors (Lipinski definition) is 3. The van der Waals surface area contributed by atoms with Gasteiger partial charge in [-0.05, 0) is 43.2 Å². The van der Waals surface area contributed by atoms with E-state index in [1.54, 1.807) is 12.1 Å². The standard InChI is InChI=1S/C21H18ClFN4/c22-14-7-8-18-16(11-14)20(15-5-1-2-6-17(15)23)24-12-19-21(25-13-27(18)19)26-9-3-4-10-26/h1-2,5-8,11,13H,3-4,9-10,12H2. The first-order valence-electron chi connectivity index (χ1n) is 9.13. The smallest absolute Gasteiger partial charge is 0.152 e. The van der Waals surface area contributed by atoms with Gasteiger partial charge in [0.2, 0.25) is 0 Å². The summed E-state index contributed by atoms with van der Waals surface area (Å²) in [7, 11) is 0. The maximum absolute atomic E-state index is 14.5. The topological polar surface area (TPSA) is 33.4 Å². The summed E-state index contributed by atoms with van der Waals surface area (Å²) < 4.78 is 16.6. The first-order chi connectivity index (χ1) is 13.2. The van der Waals surface area contributed by atoms with Crippen LogP contribution in [0, 0.1) is 5.82 Å². The summed E-state index contributed by atoms with van der Waals surface area (Å²) in [6, 6.07) is 12.4. The van der Waals surface area contributed by atoms with Crippen LogP contribution in [0.1, 0.15) is 29.7 Å². The fraction of sp³-hybridized carbons (Fsp3) is 0.238. The molecule has 5 rings (SSSR count). The summed E-state index contributed by atoms with van der Waals surface area (Å²) in [6.45, 7) is 2.48. The van der Waals surface area contributed by atoms with E-state index in [0.717, 1.165) is 35.9 Å². The van der Waals surface area contributed by atoms with E-state index in [2.05, 4.69) is 14.5 Å². The highest BCUT2D eigenvalue weighted by Gasteiger charge is 2.26. The molecule has 2 aromatic carbocycles. The van der Waals surface area contributed by atoms with Crippen LogP contribution in [0.15, 0.2) is 53.8 Å². The summed E-state index contributed by atoms with van der Waals surface area (Å²) in [5.74, 6) is 0.693. The zero-order chi connectivity index (χ0) is 18.4. The Morgan fingerprint density at radius 3 is 2.63 bits per heavy atom. The summed E-state index contributed by atoms with van der Waals surface area (Å²) in [6.07, 6.45) is 4.21. The van der Waals surface area contributed by atoms with Gasteiger partial charge in [0.05, 0.1) is 23.6 Å². The molecule has 0 radical (unpaired) electrons. The van der Waals surface area contributed by atoms with Gasteiger partial charge in [0.15, 0.2) is 5.82 Å². The minimum atomic E-state index is -0.286. The molecule has 1 saturated heterocycles. The normalized spacial score (nSPS) is 15.9. The molecular formula is C21H18ClFN4. The molecule has 3 heterocycles. The van der Waals surface area contributed by atoms with Crippen molar-refractivity contribution in [3.8, 4) is 5.69 Å². The lowest BCUT2D eigenvalue weighted by atomic mass is 10.00. The van der Waals surface area contributed by atoms with Crippen molar-refractivity contribution in [2.45, 2.75) is 19.4 Å². The number of benzene rings is 2. The van der Waals surface area contributed by atoms with Crippen molar-refractivity contribution < 1.29 is 4.39 Å². The number of halogens is 2. The molecule has 0 amide bonds. The van der Waals surface area contributed by atoms with E-state index < -0.39 is 0 Å². The van der Waals surface area contributed by atoms with E-state index in [4.69, 9.17) is 16.6 Å². The third-order valence-corrected chi connectivity index (χ3v) is 5.47. The Kier molecular flexibility index (Phi) is 3.97. The first kappa shape index (κ1) is 16.5. The van der Waals surface area contributed by atoms with E-state index in [-0.39, 0.29) is 5.82 Å². The predicted octanol–water partition coefficient (Wildman–Crippen LogP) is 4.62. The molecule has 1 aromatic heterocycles. The summed E-state index contributed by atoms with van der Waals surface area (Å²) in [5, 5.41) is 0.598. The second kappa shape index (κ2) is 6.50. The van der Waals surface area contributed by atoms with Gasteiger partial charge in [0.25, 0.3) is 0 Å². The van der Waals surface area contributed by atoms with Crippen LogP contribution in [-0.4, -0.2) is 28.4 Å². The van der Waals surface area contributed by atoms with Crippen LogP contribution in [0.2, 0.25) is 5.02 Å². The molecule has 2 aliphatic heterocycles. The van der Waals surface area contributed by atoms with Gasteiger partial charge in [0, 0.05) is 29.2 Å². The molecule has 2 aliphatic rings. The Morgan fingerprint density at radius 2 is 1.81 bits per heavy atom. The van der Waals surface area contributed by atoms with Crippen molar-refractivity contribution in [2.24, 2.45) is 4.99 Å². The van der Waals surface area contributed by atoms with Gasteiger partial charge >= 0.3 is 0 Å². The second-order valence-corrected chi connectivity index (χ2v) is 7.32. The molecular weight excluding hydrogens is 363 g/mol. The molecule has 4 nitrogen and oxygen atoms in total. The van der Waals surface area contributed by atoms with Crippen molar-refractivity contribution in [3.05, 3.63) is 76.5 Å². The Hall–Kier alpha value is -2.66. The molecule has 136 valence electrons. The summed E-state index contributed by atoms with van der Waals surface area (Å²) in [5.41, 5.74) is 3.89. The largest absolute Gasteiger partial charge is 0.355 e. The summed E-state index contributed by atoms with van der Waals surface area (Å²) in [4.78, 5) is 11.8. The van der Waals surface area contributed by atoms with Crippen LogP contribution in [0.25, 0.3) is 5.69 Å². The Labute approximate surface area is 161 Å². The molecule has 0 aliphatic carbocycles. The number of nitrogens with zero attached hydrogens (tertiary/aromatic N) is 4. The molecule has 27 heavy (non-hydrogen) atoms. The maximum Gasteiger partial charge on any atom is 0.152 e. The molecule has 0 spiro atoms. The van der Waals surface area contributed by atoms with Gasteiger partial charge in [-0.15, -0.1) is 0 Å². The lowest BCUT2D eigenvalue weighted by Gasteiger charge is -2.16. The van der Waals surface area contributed by atoms with Crippen molar-refractivity contribution in [3.63, 3.8) is 0 Å². The van der Waals surface area contributed by atoms with Crippen molar-refractivity contribution in [2.75, 3.05) is 18.0 Å². The minimum Gasteiger partial charge on any atom is -0.355 e. The molecule has 6 heteroatoms. The van der Waals surface area contributed by atoms with Gasteiger partial charge in [-0.1, -0.05) is 23.7 Å². The van der Waals surface area contributed by atoms with E-state index >= 15 is 0 Å². The van der Waals surface area contributed by atoms with E-state index in [1.165, 1.54) is 18.9 Å². The van der Waals surface area contributed by atoms with Crippen LogP contribution >= 0.6 is 11.6 Å². The van der Waals surface area contributed by atoms with Crippen molar-refractivity contribution in [1.82, 2.24) is 9.55 Å². The average Bonchev–Trinajstić information content (AvgIpc) is 3.30. The highest BCUT2D eigenvalue weighted by Crippen LogP contribution is 2.32. The highest BCUT2D eigenvalue weighted by atomic mass is 35.5. The van der Waals surface area contributed by atoms with E-state index in [0.29, 0.717) is 22.8 Å². The Bertz CT molecular complexity index is 1050. The SMILES string of the molecule is Fc1ccccc1C1=NCc2c(N3CCCC3)ncn2-c2ccc(Cl)cc21. The molecule has 0 unspecified atom stereocenters. The third-order valence-electron chi connectivity index (χ3n) is 5.24. The lowest BCUT2D eigenvalue weighted by Crippen LogP contribution is -2.19. The van der Waals surface area contributed by atoms with Crippen LogP contribution in [0.4, 0.5) is 10.2 Å². The zero-order valence-corrected chi connectivity index (χ0v) is 15.5. The van der Waals surface area contributed by atoms with Crippen LogP contribution in [0.5, 0.6) is 0 Å². The quantitative estimate of drug-likeness (QED) is 0.650. The second-order valence-electron chi connectivity index (χ2n) is 6.89. The summed E-state index contributed by atoms with van der Waals surface area (Å²) >= 11 is 6.28. The molecule has 0 saturated carbocycles. The first-order valence-corrected chi connectivity index (χ1v) is 9.51. The van der Waals surface area contributed by atoms with Crippen LogP contribution in [-0.2, 0) is 6.54 Å². The molecule has 1 fully saturated rings. The number of hydrogen-bond donors (Lipinski definition) is 0. The lowest BCUT2D eigenvalue weighted by molar-refractivity contribution is 0.625. The van der Waals surface area contributed by atoms with Gasteiger partial charge in [-0.3, -0.25) is 9.56 Å². The van der Waals surface area contributed by atoms with Crippen LogP contribution < -0.4 is 4.90 Å². The number of anilines is 1. The maximum atomic E-state index is 14.5. The van der Waals surface area contributed by atoms with Crippen molar-refractivity contribution >= 4 is 23.1 Å². The highest BCUT2D eigenvalue weighted by molar-refractivity contribution is 6.31. The number of rotatable bonds is 2. The predicted molar refractivity (Wildman–Crippen MR) is 106 cm³/mol. The fourth-order valence-corrected chi connectivity index (χ4v) is 4.11. The van der Waals surface area contributed by atoms with Gasteiger partial charge < -0.3 is 4.90 Å². The zero-order valence-electron chi connectivity index (χ0n) is 14.7. The van der Waals surface area contributed by atoms with E-state index in [1.807, 2.05) is 30.6 Å². The minimum absolute atomic E-state index is 0.286. The Morgan fingerprint density at radius 1 is 1.00 bits per heavy atom. The number of imidazole rings is 1. The van der Waals surface area contributed by atoms with Gasteiger partial charge in [-0.25, -0.2) is 9.37 Å². The molecule has 0 N–H and O–H groups in total. The van der Waals surface area contributed by atoms with Crippen molar-refractivity contribution in [1.29, 1.82) is 0 Å². The monoisotopic (exact) mass is 380 g/mol. The average molecular weight is 381 g/mol. The third kappa shape index (κ3) is 2.73. The molecule has 3 aromatic rings. The van der Waals surface area contributed by atoms with Gasteiger partial charge in [0.1, 0.15) is 12.1 Å². The van der Waals surface area contributed by atoms with E-state index in [9.17, 15) is 4.39 Å². The Balaban J connectivity index is 1.72.